The van der Waals surface area contributed by atoms with Crippen LogP contribution in [0.5, 0.6) is 0 Å². The molecule has 2 nitrogen and oxygen atoms in total. The second-order valence-corrected chi connectivity index (χ2v) is 21.0. The quantitative estimate of drug-likeness (QED) is 0.154. The number of benzene rings is 12. The van der Waals surface area contributed by atoms with Crippen molar-refractivity contribution < 1.29 is 4.42 Å². The zero-order valence-corrected chi connectivity index (χ0v) is 41.4. The van der Waals surface area contributed by atoms with Gasteiger partial charge in [0.1, 0.15) is 11.2 Å². The maximum Gasteiger partial charge on any atom is 0.136 e. The van der Waals surface area contributed by atoms with Gasteiger partial charge in [-0.2, -0.15) is 0 Å². The number of furan rings is 1. The summed E-state index contributed by atoms with van der Waals surface area (Å²) in [7, 11) is 0. The first-order valence-corrected chi connectivity index (χ1v) is 26.2. The molecule has 0 aliphatic heterocycles. The van der Waals surface area contributed by atoms with Gasteiger partial charge in [-0.3, -0.25) is 0 Å². The van der Waals surface area contributed by atoms with Crippen LogP contribution in [0, 0.1) is 0 Å². The molecule has 1 unspecified atom stereocenters. The summed E-state index contributed by atoms with van der Waals surface area (Å²) in [6, 6.07) is 90.4. The molecule has 0 fully saturated rings. The summed E-state index contributed by atoms with van der Waals surface area (Å²) in [6.45, 7) is 4.72. The number of anilines is 3. The number of nitrogens with zero attached hydrogens (tertiary/aromatic N) is 1. The fourth-order valence-electron chi connectivity index (χ4n) is 13.2. The van der Waals surface area contributed by atoms with E-state index in [0.29, 0.717) is 0 Å². The molecule has 2 aliphatic rings. The van der Waals surface area contributed by atoms with Crippen LogP contribution in [-0.4, -0.2) is 0 Å². The van der Waals surface area contributed by atoms with E-state index in [2.05, 4.69) is 261 Å². The zero-order chi connectivity index (χ0) is 49.1. The predicted octanol–water partition coefficient (Wildman–Crippen LogP) is 19.9. The van der Waals surface area contributed by atoms with Gasteiger partial charge in [0.05, 0.1) is 0 Å². The highest BCUT2D eigenvalue weighted by atomic mass is 16.3. The molecule has 2 aliphatic carbocycles. The third-order valence-electron chi connectivity index (χ3n) is 16.7. The fourth-order valence-corrected chi connectivity index (χ4v) is 13.2. The van der Waals surface area contributed by atoms with Crippen molar-refractivity contribution in [3.8, 4) is 44.5 Å². The van der Waals surface area contributed by atoms with Gasteiger partial charge in [-0.1, -0.05) is 196 Å². The normalized spacial score (nSPS) is 14.5. The largest absolute Gasteiger partial charge is 0.456 e. The number of hydrogen-bond donors (Lipinski definition) is 0. The van der Waals surface area contributed by atoms with Crippen molar-refractivity contribution in [3.05, 3.63) is 270 Å². The molecular weight excluding hydrogens is 895 g/mol. The van der Waals surface area contributed by atoms with Gasteiger partial charge in [-0.25, -0.2) is 0 Å². The minimum Gasteiger partial charge on any atom is -0.456 e. The number of aryl methyl sites for hydroxylation is 1. The minimum absolute atomic E-state index is 0.106. The van der Waals surface area contributed by atoms with E-state index >= 15 is 0 Å². The van der Waals surface area contributed by atoms with Crippen molar-refractivity contribution in [2.24, 2.45) is 0 Å². The number of hydrogen-bond acceptors (Lipinski definition) is 2. The van der Waals surface area contributed by atoms with Gasteiger partial charge in [0, 0.05) is 44.7 Å². The predicted molar refractivity (Wildman–Crippen MR) is 311 cm³/mol. The Morgan fingerprint density at radius 3 is 1.73 bits per heavy atom. The minimum atomic E-state index is -0.106. The highest BCUT2D eigenvalue weighted by molar-refractivity contribution is 6.26. The van der Waals surface area contributed by atoms with Crippen molar-refractivity contribution in [2.75, 3.05) is 4.90 Å². The Morgan fingerprint density at radius 2 is 0.973 bits per heavy atom. The third-order valence-corrected chi connectivity index (χ3v) is 16.7. The number of rotatable bonds is 6. The average molecular weight is 946 g/mol. The lowest BCUT2D eigenvalue weighted by molar-refractivity contribution is 0.660. The molecule has 1 heterocycles. The first-order valence-electron chi connectivity index (χ1n) is 26.2. The Bertz CT molecular complexity index is 4350. The molecule has 350 valence electrons. The van der Waals surface area contributed by atoms with Crippen molar-refractivity contribution in [1.29, 1.82) is 0 Å². The Balaban J connectivity index is 0.932. The van der Waals surface area contributed by atoms with Crippen molar-refractivity contribution >= 4 is 71.3 Å². The SMILES string of the molecule is CC1(C)c2ccccc2-c2ccc(N(c3ccccc3)c3ccc(-c4ccc5c(c4)-c4c(cc6oc7ccccc7c6c4-c4ccc6c7ccccc7c7ccccc7c6c4)CCC5c4ccccc4)cc3)cc21. The fraction of sp³-hybridized carbons (Fsp3) is 0.0833. The summed E-state index contributed by atoms with van der Waals surface area (Å²) in [5.74, 6) is 0.211. The molecule has 0 saturated heterocycles. The molecule has 0 saturated carbocycles. The van der Waals surface area contributed by atoms with E-state index in [-0.39, 0.29) is 11.3 Å². The van der Waals surface area contributed by atoms with Gasteiger partial charge in [0.2, 0.25) is 0 Å². The van der Waals surface area contributed by atoms with E-state index < -0.39 is 0 Å². The van der Waals surface area contributed by atoms with Crippen LogP contribution in [0.2, 0.25) is 0 Å². The molecule has 12 aromatic carbocycles. The van der Waals surface area contributed by atoms with Gasteiger partial charge in [-0.15, -0.1) is 0 Å². The number of fused-ring (bicyclic) bond motifs is 15. The maximum atomic E-state index is 6.87. The van der Waals surface area contributed by atoms with Crippen molar-refractivity contribution in [2.45, 2.75) is 38.0 Å². The van der Waals surface area contributed by atoms with Crippen LogP contribution in [0.15, 0.2) is 247 Å². The average Bonchev–Trinajstić information content (AvgIpc) is 3.92. The monoisotopic (exact) mass is 945 g/mol. The summed E-state index contributed by atoms with van der Waals surface area (Å²) in [4.78, 5) is 2.41. The molecular formula is C72H51NO. The molecule has 2 heteroatoms. The Morgan fingerprint density at radius 1 is 0.392 bits per heavy atom. The lowest BCUT2D eigenvalue weighted by Gasteiger charge is -2.28. The van der Waals surface area contributed by atoms with Crippen molar-refractivity contribution in [3.63, 3.8) is 0 Å². The van der Waals surface area contributed by atoms with E-state index in [1.165, 1.54) is 110 Å². The highest BCUT2D eigenvalue weighted by Gasteiger charge is 2.36. The summed E-state index contributed by atoms with van der Waals surface area (Å²) in [5.41, 5.74) is 22.0. The van der Waals surface area contributed by atoms with E-state index in [4.69, 9.17) is 4.42 Å². The second-order valence-electron chi connectivity index (χ2n) is 21.0. The lowest BCUT2D eigenvalue weighted by atomic mass is 9.82. The smallest absolute Gasteiger partial charge is 0.136 e. The molecule has 74 heavy (non-hydrogen) atoms. The molecule has 0 radical (unpaired) electrons. The van der Waals surface area contributed by atoms with Crippen LogP contribution >= 0.6 is 0 Å². The van der Waals surface area contributed by atoms with Gasteiger partial charge in [-0.05, 0) is 173 Å². The molecule has 13 aromatic rings. The summed E-state index contributed by atoms with van der Waals surface area (Å²) < 4.78 is 6.87. The lowest BCUT2D eigenvalue weighted by Crippen LogP contribution is -2.16. The molecule has 0 N–H and O–H groups in total. The summed E-state index contributed by atoms with van der Waals surface area (Å²) in [5, 5.41) is 9.95. The van der Waals surface area contributed by atoms with Gasteiger partial charge >= 0.3 is 0 Å². The van der Waals surface area contributed by atoms with E-state index in [1.54, 1.807) is 0 Å². The zero-order valence-electron chi connectivity index (χ0n) is 41.4. The Labute approximate surface area is 431 Å². The summed E-state index contributed by atoms with van der Waals surface area (Å²) in [6.07, 6.45) is 1.90. The standard InChI is InChI=1S/C72H51NO/c1-72(2)65-27-15-13-25-60(65)61-40-36-52(44-66(61)72)73(50-19-7-4-8-20-50)51-34-29-45(30-35-51)47-31-38-58-53(46-17-5-3-6-18-46)37-32-49-43-68-71(62-26-14-16-28-67(62)74-68)70(69(49)64(58)41-47)48-33-39-59-56-23-10-9-21-54(56)55-22-11-12-24-57(55)63(59)42-48/h3-31,33-36,38-44,53H,32,37H2,1-2H3. The highest BCUT2D eigenvalue weighted by Crippen LogP contribution is 2.53. The van der Waals surface area contributed by atoms with Crippen LogP contribution < -0.4 is 4.90 Å². The van der Waals surface area contributed by atoms with Crippen molar-refractivity contribution in [1.82, 2.24) is 0 Å². The summed E-state index contributed by atoms with van der Waals surface area (Å²) >= 11 is 0. The Hall–Kier alpha value is -8.98. The topological polar surface area (TPSA) is 16.4 Å². The molecule has 0 bridgehead atoms. The van der Waals surface area contributed by atoms with E-state index in [0.717, 1.165) is 46.5 Å². The third kappa shape index (κ3) is 6.51. The molecule has 0 amide bonds. The van der Waals surface area contributed by atoms with Crippen LogP contribution in [0.1, 0.15) is 54.0 Å². The van der Waals surface area contributed by atoms with Gasteiger partial charge in [0.25, 0.3) is 0 Å². The molecule has 1 aromatic heterocycles. The molecule has 0 spiro atoms. The van der Waals surface area contributed by atoms with Gasteiger partial charge < -0.3 is 9.32 Å². The Kier molecular flexibility index (Phi) is 9.53. The van der Waals surface area contributed by atoms with E-state index in [9.17, 15) is 0 Å². The van der Waals surface area contributed by atoms with E-state index in [1.807, 2.05) is 0 Å². The first-order chi connectivity index (χ1) is 36.5. The van der Waals surface area contributed by atoms with Crippen LogP contribution in [0.4, 0.5) is 17.1 Å². The van der Waals surface area contributed by atoms with Crippen LogP contribution in [-0.2, 0) is 11.8 Å². The first kappa shape index (κ1) is 42.7. The van der Waals surface area contributed by atoms with Gasteiger partial charge in [0.15, 0.2) is 0 Å². The number of para-hydroxylation sites is 2. The van der Waals surface area contributed by atoms with Crippen LogP contribution in [0.3, 0.4) is 0 Å². The maximum absolute atomic E-state index is 6.87. The molecule has 15 rings (SSSR count). The van der Waals surface area contributed by atoms with Crippen LogP contribution in [0.25, 0.3) is 98.8 Å². The molecule has 1 atom stereocenters. The second kappa shape index (κ2) is 16.5.